The number of rotatable bonds is 7. The first-order valence-corrected chi connectivity index (χ1v) is 7.64. The van der Waals surface area contributed by atoms with Crippen molar-refractivity contribution in [1.29, 1.82) is 0 Å². The van der Waals surface area contributed by atoms with Crippen LogP contribution in [0.3, 0.4) is 0 Å². The molecule has 0 saturated carbocycles. The molecule has 0 aliphatic carbocycles. The van der Waals surface area contributed by atoms with Crippen molar-refractivity contribution in [3.63, 3.8) is 0 Å². The summed E-state index contributed by atoms with van der Waals surface area (Å²) in [6, 6.07) is 11.0. The first kappa shape index (κ1) is 18.0. The third-order valence-electron chi connectivity index (χ3n) is 3.57. The molecular weight excluding hydrogens is 320 g/mol. The standard InChI is InChI=1S/C19H18F4O/c1-2-3-4-5-6-14-7-9-15(10-8-14)16-11-12-18(17(20)13-16)24-19(21,22)23/h2,7-13H,1,3-6H2. The smallest absolute Gasteiger partial charge is 0.403 e. The highest BCUT2D eigenvalue weighted by molar-refractivity contribution is 5.64. The van der Waals surface area contributed by atoms with Gasteiger partial charge in [-0.15, -0.1) is 19.8 Å². The number of aryl methyl sites for hydroxylation is 1. The summed E-state index contributed by atoms with van der Waals surface area (Å²) >= 11 is 0. The van der Waals surface area contributed by atoms with Crippen LogP contribution in [0.4, 0.5) is 17.6 Å². The number of alkyl halides is 3. The summed E-state index contributed by atoms with van der Waals surface area (Å²) in [4.78, 5) is 0. The van der Waals surface area contributed by atoms with Gasteiger partial charge in [0.25, 0.3) is 0 Å². The molecule has 0 radical (unpaired) electrons. The number of hydrogen-bond acceptors (Lipinski definition) is 1. The summed E-state index contributed by atoms with van der Waals surface area (Å²) in [5.74, 6) is -1.87. The zero-order valence-corrected chi connectivity index (χ0v) is 13.1. The summed E-state index contributed by atoms with van der Waals surface area (Å²) in [7, 11) is 0. The van der Waals surface area contributed by atoms with Gasteiger partial charge in [0.2, 0.25) is 0 Å². The van der Waals surface area contributed by atoms with Crippen LogP contribution in [-0.2, 0) is 6.42 Å². The molecule has 0 amide bonds. The molecule has 0 aliphatic rings. The molecule has 0 heterocycles. The van der Waals surface area contributed by atoms with E-state index in [9.17, 15) is 17.6 Å². The van der Waals surface area contributed by atoms with Crippen molar-refractivity contribution >= 4 is 0 Å². The number of ether oxygens (including phenoxy) is 1. The minimum absolute atomic E-state index is 0.500. The minimum atomic E-state index is -4.91. The third kappa shape index (κ3) is 5.41. The van der Waals surface area contributed by atoms with E-state index >= 15 is 0 Å². The molecule has 0 fully saturated rings. The van der Waals surface area contributed by atoms with Crippen LogP contribution in [0.15, 0.2) is 55.1 Å². The van der Waals surface area contributed by atoms with Gasteiger partial charge in [0.15, 0.2) is 11.6 Å². The monoisotopic (exact) mass is 338 g/mol. The van der Waals surface area contributed by atoms with Crippen molar-refractivity contribution in [3.8, 4) is 16.9 Å². The van der Waals surface area contributed by atoms with Crippen molar-refractivity contribution in [3.05, 3.63) is 66.5 Å². The normalized spacial score (nSPS) is 11.3. The van der Waals surface area contributed by atoms with Crippen molar-refractivity contribution in [2.45, 2.75) is 32.0 Å². The number of benzene rings is 2. The van der Waals surface area contributed by atoms with Gasteiger partial charge in [-0.2, -0.15) is 0 Å². The Morgan fingerprint density at radius 3 is 2.21 bits per heavy atom. The molecule has 0 aliphatic heterocycles. The topological polar surface area (TPSA) is 9.23 Å². The number of unbranched alkanes of at least 4 members (excludes halogenated alkanes) is 2. The van der Waals surface area contributed by atoms with Crippen molar-refractivity contribution in [2.24, 2.45) is 0 Å². The van der Waals surface area contributed by atoms with Crippen molar-refractivity contribution in [2.75, 3.05) is 0 Å². The molecule has 5 heteroatoms. The minimum Gasteiger partial charge on any atom is -0.403 e. The largest absolute Gasteiger partial charge is 0.573 e. The lowest BCUT2D eigenvalue weighted by Gasteiger charge is -2.11. The quantitative estimate of drug-likeness (QED) is 0.327. The Kier molecular flexibility index (Phi) is 6.01. The molecule has 24 heavy (non-hydrogen) atoms. The van der Waals surface area contributed by atoms with E-state index in [0.717, 1.165) is 43.4 Å². The van der Waals surface area contributed by atoms with Gasteiger partial charge in [-0.05, 0) is 54.5 Å². The third-order valence-corrected chi connectivity index (χ3v) is 3.57. The van der Waals surface area contributed by atoms with E-state index in [1.165, 1.54) is 11.6 Å². The highest BCUT2D eigenvalue weighted by Gasteiger charge is 2.32. The van der Waals surface area contributed by atoms with Gasteiger partial charge in [-0.1, -0.05) is 36.4 Å². The fourth-order valence-electron chi connectivity index (χ4n) is 2.37. The zero-order valence-electron chi connectivity index (χ0n) is 13.1. The van der Waals surface area contributed by atoms with E-state index in [1.54, 1.807) is 0 Å². The van der Waals surface area contributed by atoms with E-state index in [0.29, 0.717) is 5.56 Å². The molecule has 2 rings (SSSR count). The maximum Gasteiger partial charge on any atom is 0.573 e. The first-order valence-electron chi connectivity index (χ1n) is 7.64. The lowest BCUT2D eigenvalue weighted by Crippen LogP contribution is -2.17. The van der Waals surface area contributed by atoms with Crippen LogP contribution in [0.2, 0.25) is 0 Å². The zero-order chi connectivity index (χ0) is 17.6. The summed E-state index contributed by atoms with van der Waals surface area (Å²) in [6.45, 7) is 3.68. The maximum absolute atomic E-state index is 13.8. The Morgan fingerprint density at radius 2 is 1.62 bits per heavy atom. The van der Waals surface area contributed by atoms with E-state index in [2.05, 4.69) is 11.3 Å². The van der Waals surface area contributed by atoms with Crippen LogP contribution < -0.4 is 4.74 Å². The molecule has 128 valence electrons. The van der Waals surface area contributed by atoms with E-state index < -0.39 is 17.9 Å². The van der Waals surface area contributed by atoms with Gasteiger partial charge in [0.05, 0.1) is 0 Å². The van der Waals surface area contributed by atoms with Crippen LogP contribution in [0, 0.1) is 5.82 Å². The summed E-state index contributed by atoms with van der Waals surface area (Å²) in [6.07, 6.45) is 1.06. The average Bonchev–Trinajstić information content (AvgIpc) is 2.53. The van der Waals surface area contributed by atoms with Gasteiger partial charge in [0.1, 0.15) is 0 Å². The van der Waals surface area contributed by atoms with Crippen molar-refractivity contribution < 1.29 is 22.3 Å². The second-order valence-electron chi connectivity index (χ2n) is 5.42. The van der Waals surface area contributed by atoms with E-state index in [4.69, 9.17) is 0 Å². The van der Waals surface area contributed by atoms with E-state index in [-0.39, 0.29) is 0 Å². The Balaban J connectivity index is 2.06. The van der Waals surface area contributed by atoms with Gasteiger partial charge in [0, 0.05) is 0 Å². The first-order chi connectivity index (χ1) is 11.4. The fourth-order valence-corrected chi connectivity index (χ4v) is 2.37. The molecule has 0 bridgehead atoms. The summed E-state index contributed by atoms with van der Waals surface area (Å²) in [5.41, 5.74) is 2.41. The number of halogens is 4. The maximum atomic E-state index is 13.8. The van der Waals surface area contributed by atoms with Gasteiger partial charge in [-0.25, -0.2) is 4.39 Å². The molecule has 2 aromatic carbocycles. The van der Waals surface area contributed by atoms with Crippen molar-refractivity contribution in [1.82, 2.24) is 0 Å². The number of hydrogen-bond donors (Lipinski definition) is 0. The van der Waals surface area contributed by atoms with Crippen LogP contribution in [0.1, 0.15) is 24.8 Å². The summed E-state index contributed by atoms with van der Waals surface area (Å²) < 4.78 is 53.8. The Hall–Kier alpha value is -2.30. The predicted molar refractivity (Wildman–Crippen MR) is 86.3 cm³/mol. The van der Waals surface area contributed by atoms with Crippen LogP contribution in [0.5, 0.6) is 5.75 Å². The molecule has 0 N–H and O–H groups in total. The molecule has 1 nitrogen and oxygen atoms in total. The highest BCUT2D eigenvalue weighted by Crippen LogP contribution is 2.29. The fraction of sp³-hybridized carbons (Fsp3) is 0.263. The Bertz CT molecular complexity index is 675. The predicted octanol–water partition coefficient (Wildman–Crippen LogP) is 6.29. The Morgan fingerprint density at radius 1 is 0.958 bits per heavy atom. The summed E-state index contributed by atoms with van der Waals surface area (Å²) in [5, 5.41) is 0. The highest BCUT2D eigenvalue weighted by atomic mass is 19.4. The second kappa shape index (κ2) is 7.99. The lowest BCUT2D eigenvalue weighted by molar-refractivity contribution is -0.275. The van der Waals surface area contributed by atoms with Crippen LogP contribution >= 0.6 is 0 Å². The molecule has 0 aromatic heterocycles. The molecular formula is C19H18F4O. The lowest BCUT2D eigenvalue weighted by atomic mass is 10.0. The van der Waals surface area contributed by atoms with Gasteiger partial charge in [-0.3, -0.25) is 0 Å². The molecule has 0 atom stereocenters. The average molecular weight is 338 g/mol. The SMILES string of the molecule is C=CCCCCc1ccc(-c2ccc(OC(F)(F)F)c(F)c2)cc1. The molecule has 2 aromatic rings. The Labute approximate surface area is 138 Å². The van der Waals surface area contributed by atoms with Crippen LogP contribution in [0.25, 0.3) is 11.1 Å². The van der Waals surface area contributed by atoms with E-state index in [1.807, 2.05) is 30.3 Å². The molecule has 0 unspecified atom stereocenters. The molecule has 0 saturated heterocycles. The second-order valence-corrected chi connectivity index (χ2v) is 5.42. The van der Waals surface area contributed by atoms with Gasteiger partial charge < -0.3 is 4.74 Å². The number of allylic oxidation sites excluding steroid dienone is 1. The van der Waals surface area contributed by atoms with Gasteiger partial charge >= 0.3 is 6.36 Å². The van der Waals surface area contributed by atoms with Crippen LogP contribution in [-0.4, -0.2) is 6.36 Å². The molecule has 0 spiro atoms.